The monoisotopic (exact) mass is 328 g/mol. The Morgan fingerprint density at radius 2 is 2.15 bits per heavy atom. The average molecular weight is 329 g/mol. The number of thiophene rings is 1. The van der Waals surface area contributed by atoms with E-state index in [-0.39, 0.29) is 16.8 Å². The summed E-state index contributed by atoms with van der Waals surface area (Å²) in [5, 5.41) is 14.4. The Hall–Kier alpha value is -1.30. The number of rotatable bonds is 3. The van der Waals surface area contributed by atoms with E-state index in [4.69, 9.17) is 23.2 Å². The van der Waals surface area contributed by atoms with E-state index in [1.807, 2.05) is 6.07 Å². The molecular formula is C13H10Cl2N2O2S. The molecule has 0 aliphatic heterocycles. The predicted octanol–water partition coefficient (Wildman–Crippen LogP) is 5.06. The van der Waals surface area contributed by atoms with Crippen LogP contribution in [0.2, 0.25) is 9.36 Å². The maximum atomic E-state index is 10.9. The molecule has 1 heterocycles. The first-order chi connectivity index (χ1) is 9.54. The van der Waals surface area contributed by atoms with Gasteiger partial charge in [0.2, 0.25) is 0 Å². The van der Waals surface area contributed by atoms with Gasteiger partial charge in [-0.25, -0.2) is 0 Å². The molecule has 1 N–H and O–H groups in total. The summed E-state index contributed by atoms with van der Waals surface area (Å²) in [6, 6.07) is 6.87. The Kier molecular flexibility index (Phi) is 3.58. The van der Waals surface area contributed by atoms with Crippen LogP contribution >= 0.6 is 34.5 Å². The fourth-order valence-electron chi connectivity index (χ4n) is 2.42. The highest BCUT2D eigenvalue weighted by Gasteiger charge is 2.25. The van der Waals surface area contributed by atoms with Crippen molar-refractivity contribution in [3.05, 3.63) is 54.2 Å². The number of anilines is 1. The molecule has 1 aliphatic carbocycles. The van der Waals surface area contributed by atoms with E-state index in [1.54, 1.807) is 23.5 Å². The molecule has 1 aromatic carbocycles. The van der Waals surface area contributed by atoms with Crippen LogP contribution in [-0.2, 0) is 6.42 Å². The lowest BCUT2D eigenvalue weighted by Gasteiger charge is -2.14. The second-order valence-corrected chi connectivity index (χ2v) is 6.76. The summed E-state index contributed by atoms with van der Waals surface area (Å²) in [4.78, 5) is 11.7. The van der Waals surface area contributed by atoms with Gasteiger partial charge in [0.15, 0.2) is 0 Å². The van der Waals surface area contributed by atoms with Crippen molar-refractivity contribution < 1.29 is 4.92 Å². The first-order valence-electron chi connectivity index (χ1n) is 6.03. The zero-order chi connectivity index (χ0) is 14.3. The summed E-state index contributed by atoms with van der Waals surface area (Å²) in [5.41, 5.74) is 1.80. The van der Waals surface area contributed by atoms with E-state index in [2.05, 4.69) is 5.32 Å². The molecule has 2 aromatic rings. The molecule has 7 heteroatoms. The van der Waals surface area contributed by atoms with Crippen LogP contribution in [0.4, 0.5) is 11.4 Å². The van der Waals surface area contributed by atoms with Crippen molar-refractivity contribution in [2.45, 2.75) is 18.9 Å². The molecule has 1 unspecified atom stereocenters. The number of aryl methyl sites for hydroxylation is 1. The lowest BCUT2D eigenvalue weighted by atomic mass is 10.1. The quantitative estimate of drug-likeness (QED) is 0.632. The third kappa shape index (κ3) is 2.49. The second kappa shape index (κ2) is 5.24. The molecule has 20 heavy (non-hydrogen) atoms. The fraction of sp³-hybridized carbons (Fsp3) is 0.231. The standard InChI is InChI=1S/C13H10Cl2N2O2S/c14-9-2-1-7(5-11(9)17(18)19)16-10-3-4-12-8(10)6-13(15)20-12/h1-2,5-6,10,16H,3-4H2. The first kappa shape index (κ1) is 13.7. The summed E-state index contributed by atoms with van der Waals surface area (Å²) >= 11 is 13.4. The molecule has 3 rings (SSSR count). The van der Waals surface area contributed by atoms with Gasteiger partial charge in [0, 0.05) is 16.6 Å². The van der Waals surface area contributed by atoms with Crippen molar-refractivity contribution in [3.63, 3.8) is 0 Å². The van der Waals surface area contributed by atoms with Crippen molar-refractivity contribution in [2.24, 2.45) is 0 Å². The topological polar surface area (TPSA) is 55.2 Å². The van der Waals surface area contributed by atoms with Gasteiger partial charge in [-0.1, -0.05) is 23.2 Å². The van der Waals surface area contributed by atoms with Crippen molar-refractivity contribution >= 4 is 45.9 Å². The molecule has 0 fully saturated rings. The van der Waals surface area contributed by atoms with Crippen LogP contribution in [0.15, 0.2) is 24.3 Å². The Morgan fingerprint density at radius 1 is 1.35 bits per heavy atom. The lowest BCUT2D eigenvalue weighted by Crippen LogP contribution is -2.06. The third-order valence-corrected chi connectivity index (χ3v) is 4.99. The molecule has 4 nitrogen and oxygen atoms in total. The van der Waals surface area contributed by atoms with Gasteiger partial charge < -0.3 is 5.32 Å². The number of halogens is 2. The summed E-state index contributed by atoms with van der Waals surface area (Å²) < 4.78 is 0.781. The summed E-state index contributed by atoms with van der Waals surface area (Å²) in [6.45, 7) is 0. The van der Waals surface area contributed by atoms with Crippen LogP contribution in [-0.4, -0.2) is 4.92 Å². The zero-order valence-electron chi connectivity index (χ0n) is 10.2. The Balaban J connectivity index is 1.86. The minimum Gasteiger partial charge on any atom is -0.378 e. The molecule has 1 aromatic heterocycles. The smallest absolute Gasteiger partial charge is 0.289 e. The number of nitro benzene ring substituents is 1. The van der Waals surface area contributed by atoms with Crippen LogP contribution in [0.3, 0.4) is 0 Å². The maximum absolute atomic E-state index is 10.9. The molecule has 104 valence electrons. The first-order valence-corrected chi connectivity index (χ1v) is 7.60. The van der Waals surface area contributed by atoms with Gasteiger partial charge >= 0.3 is 0 Å². The summed E-state index contributed by atoms with van der Waals surface area (Å²) in [5.74, 6) is 0. The molecule has 0 amide bonds. The number of benzene rings is 1. The largest absolute Gasteiger partial charge is 0.378 e. The number of hydrogen-bond donors (Lipinski definition) is 1. The van der Waals surface area contributed by atoms with Crippen molar-refractivity contribution in [1.29, 1.82) is 0 Å². The predicted molar refractivity (Wildman–Crippen MR) is 82.1 cm³/mol. The molecule has 0 bridgehead atoms. The van der Waals surface area contributed by atoms with E-state index in [9.17, 15) is 10.1 Å². The van der Waals surface area contributed by atoms with Crippen LogP contribution < -0.4 is 5.32 Å². The van der Waals surface area contributed by atoms with Gasteiger partial charge in [-0.15, -0.1) is 11.3 Å². The number of fused-ring (bicyclic) bond motifs is 1. The van der Waals surface area contributed by atoms with Gasteiger partial charge in [-0.3, -0.25) is 10.1 Å². The highest BCUT2D eigenvalue weighted by Crippen LogP contribution is 2.41. The summed E-state index contributed by atoms with van der Waals surface area (Å²) in [6.07, 6.45) is 1.95. The Bertz CT molecular complexity index is 687. The number of nitrogens with zero attached hydrogens (tertiary/aromatic N) is 1. The minimum atomic E-state index is -0.477. The van der Waals surface area contributed by atoms with Crippen molar-refractivity contribution in [2.75, 3.05) is 5.32 Å². The average Bonchev–Trinajstić information content (AvgIpc) is 2.92. The van der Waals surface area contributed by atoms with Crippen LogP contribution in [0.1, 0.15) is 22.9 Å². The minimum absolute atomic E-state index is 0.0850. The van der Waals surface area contributed by atoms with Gasteiger partial charge in [0.25, 0.3) is 5.69 Å². The third-order valence-electron chi connectivity index (χ3n) is 3.33. The fourth-order valence-corrected chi connectivity index (χ4v) is 3.97. The molecule has 0 saturated carbocycles. The normalized spacial score (nSPS) is 17.0. The Labute approximate surface area is 129 Å². The molecule has 0 spiro atoms. The van der Waals surface area contributed by atoms with Gasteiger partial charge in [-0.2, -0.15) is 0 Å². The van der Waals surface area contributed by atoms with E-state index in [0.717, 1.165) is 17.2 Å². The van der Waals surface area contributed by atoms with Crippen LogP contribution in [0, 0.1) is 10.1 Å². The van der Waals surface area contributed by atoms with Crippen molar-refractivity contribution in [3.8, 4) is 0 Å². The highest BCUT2D eigenvalue weighted by atomic mass is 35.5. The molecule has 1 atom stereocenters. The van der Waals surface area contributed by atoms with E-state index >= 15 is 0 Å². The molecular weight excluding hydrogens is 319 g/mol. The zero-order valence-corrected chi connectivity index (χ0v) is 12.6. The molecule has 0 saturated heterocycles. The second-order valence-electron chi connectivity index (χ2n) is 4.59. The van der Waals surface area contributed by atoms with Crippen molar-refractivity contribution in [1.82, 2.24) is 0 Å². The van der Waals surface area contributed by atoms with E-state index in [0.29, 0.717) is 5.69 Å². The highest BCUT2D eigenvalue weighted by molar-refractivity contribution is 7.16. The maximum Gasteiger partial charge on any atom is 0.289 e. The number of nitro groups is 1. The van der Waals surface area contributed by atoms with E-state index in [1.165, 1.54) is 16.5 Å². The van der Waals surface area contributed by atoms with Gasteiger partial charge in [0.05, 0.1) is 15.3 Å². The van der Waals surface area contributed by atoms with Gasteiger partial charge in [-0.05, 0) is 36.6 Å². The van der Waals surface area contributed by atoms with E-state index < -0.39 is 4.92 Å². The van der Waals surface area contributed by atoms with Crippen LogP contribution in [0.5, 0.6) is 0 Å². The Morgan fingerprint density at radius 3 is 2.90 bits per heavy atom. The SMILES string of the molecule is O=[N+]([O-])c1cc(NC2CCc3sc(Cl)cc32)ccc1Cl. The van der Waals surface area contributed by atoms with Crippen LogP contribution in [0.25, 0.3) is 0 Å². The van der Waals surface area contributed by atoms with Gasteiger partial charge in [0.1, 0.15) is 5.02 Å². The summed E-state index contributed by atoms with van der Waals surface area (Å²) in [7, 11) is 0. The lowest BCUT2D eigenvalue weighted by molar-refractivity contribution is -0.384. The molecule has 1 aliphatic rings. The molecule has 0 radical (unpaired) electrons. The number of hydrogen-bond acceptors (Lipinski definition) is 4. The number of nitrogens with one attached hydrogen (secondary N) is 1.